The van der Waals surface area contributed by atoms with E-state index in [1.807, 2.05) is 13.0 Å². The molecule has 1 aromatic carbocycles. The van der Waals surface area contributed by atoms with Crippen LogP contribution in [0.2, 0.25) is 0 Å². The van der Waals surface area contributed by atoms with Gasteiger partial charge in [0.05, 0.1) is 9.89 Å². The van der Waals surface area contributed by atoms with Gasteiger partial charge in [-0.2, -0.15) is 0 Å². The Kier molecular flexibility index (Phi) is 2.55. The minimum Gasteiger partial charge on any atom is -0.486 e. The zero-order valence-electron chi connectivity index (χ0n) is 9.96. The number of aliphatic carboxylic acids is 1. The van der Waals surface area contributed by atoms with Crippen LogP contribution in [0.3, 0.4) is 0 Å². The molecule has 1 aromatic rings. The van der Waals surface area contributed by atoms with E-state index in [-0.39, 0.29) is 0 Å². The summed E-state index contributed by atoms with van der Waals surface area (Å²) in [6.45, 7) is 2.94. The van der Waals surface area contributed by atoms with Gasteiger partial charge >= 0.3 is 5.97 Å². The second-order valence-corrected chi connectivity index (χ2v) is 5.59. The van der Waals surface area contributed by atoms with Gasteiger partial charge in [-0.25, -0.2) is 0 Å². The van der Waals surface area contributed by atoms with E-state index >= 15 is 0 Å². The molecule has 0 spiro atoms. The summed E-state index contributed by atoms with van der Waals surface area (Å²) in [5, 5.41) is 9.42. The van der Waals surface area contributed by atoms with Crippen LogP contribution in [0, 0.1) is 6.92 Å². The van der Waals surface area contributed by atoms with E-state index < -0.39 is 11.4 Å². The van der Waals surface area contributed by atoms with Gasteiger partial charge < -0.3 is 14.6 Å². The lowest BCUT2D eigenvalue weighted by Crippen LogP contribution is -2.23. The lowest BCUT2D eigenvalue weighted by molar-refractivity contribution is -0.140. The SMILES string of the molecule is Cc1cc2c(c(Br)c1C1(C(=O)O)CC1)OCCO2. The van der Waals surface area contributed by atoms with Gasteiger partial charge in [0.1, 0.15) is 13.2 Å². The molecule has 18 heavy (non-hydrogen) atoms. The Morgan fingerprint density at radius 1 is 1.39 bits per heavy atom. The number of carboxylic acid groups (broad SMARTS) is 1. The summed E-state index contributed by atoms with van der Waals surface area (Å²) < 4.78 is 11.9. The van der Waals surface area contributed by atoms with Crippen LogP contribution < -0.4 is 9.47 Å². The molecule has 0 atom stereocenters. The number of aryl methyl sites for hydroxylation is 1. The van der Waals surface area contributed by atoms with Gasteiger partial charge in [-0.3, -0.25) is 4.79 Å². The molecular formula is C13H13BrO4. The minimum atomic E-state index is -0.761. The molecule has 5 heteroatoms. The molecule has 1 aliphatic heterocycles. The molecule has 3 rings (SSSR count). The van der Waals surface area contributed by atoms with E-state index in [1.54, 1.807) is 0 Å². The molecule has 0 radical (unpaired) electrons. The van der Waals surface area contributed by atoms with Gasteiger partial charge in [0.15, 0.2) is 11.5 Å². The van der Waals surface area contributed by atoms with Crippen molar-refractivity contribution >= 4 is 21.9 Å². The highest BCUT2D eigenvalue weighted by Gasteiger charge is 2.54. The van der Waals surface area contributed by atoms with Gasteiger partial charge in [-0.1, -0.05) is 0 Å². The first-order chi connectivity index (χ1) is 8.56. The summed E-state index contributed by atoms with van der Waals surface area (Å²) in [7, 11) is 0. The molecule has 4 nitrogen and oxygen atoms in total. The summed E-state index contributed by atoms with van der Waals surface area (Å²) in [4.78, 5) is 11.5. The maximum atomic E-state index is 11.5. The summed E-state index contributed by atoms with van der Waals surface area (Å²) in [5.41, 5.74) is 1.03. The second-order valence-electron chi connectivity index (χ2n) is 4.79. The van der Waals surface area contributed by atoms with Crippen LogP contribution in [0.1, 0.15) is 24.0 Å². The number of carbonyl (C=O) groups is 1. The molecule has 1 N–H and O–H groups in total. The highest BCUT2D eigenvalue weighted by Crippen LogP contribution is 2.55. The quantitative estimate of drug-likeness (QED) is 0.912. The van der Waals surface area contributed by atoms with Crippen molar-refractivity contribution in [3.63, 3.8) is 0 Å². The van der Waals surface area contributed by atoms with Crippen molar-refractivity contribution in [3.8, 4) is 11.5 Å². The molecule has 1 aliphatic carbocycles. The predicted octanol–water partition coefficient (Wildman–Crippen LogP) is 2.64. The fourth-order valence-electron chi connectivity index (χ4n) is 2.55. The molecule has 1 heterocycles. The van der Waals surface area contributed by atoms with Crippen LogP contribution in [0.25, 0.3) is 0 Å². The molecule has 1 fully saturated rings. The maximum absolute atomic E-state index is 11.5. The molecule has 96 valence electrons. The fourth-order valence-corrected chi connectivity index (χ4v) is 3.55. The van der Waals surface area contributed by atoms with Gasteiger partial charge in [0.25, 0.3) is 0 Å². The van der Waals surface area contributed by atoms with Crippen LogP contribution in [-0.4, -0.2) is 24.3 Å². The number of carboxylic acids is 1. The molecular weight excluding hydrogens is 300 g/mol. The third-order valence-electron chi connectivity index (χ3n) is 3.61. The smallest absolute Gasteiger partial charge is 0.314 e. The summed E-state index contributed by atoms with van der Waals surface area (Å²) in [6.07, 6.45) is 1.36. The van der Waals surface area contributed by atoms with Crippen LogP contribution in [0.15, 0.2) is 10.5 Å². The Bertz CT molecular complexity index is 534. The number of benzene rings is 1. The first-order valence-corrected chi connectivity index (χ1v) is 6.68. The Morgan fingerprint density at radius 3 is 2.67 bits per heavy atom. The van der Waals surface area contributed by atoms with Crippen LogP contribution in [-0.2, 0) is 10.2 Å². The normalized spacial score (nSPS) is 19.4. The molecule has 2 aliphatic rings. The van der Waals surface area contributed by atoms with Crippen LogP contribution in [0.5, 0.6) is 11.5 Å². The predicted molar refractivity (Wildman–Crippen MR) is 68.4 cm³/mol. The van der Waals surface area contributed by atoms with Crippen LogP contribution in [0.4, 0.5) is 0 Å². The Hall–Kier alpha value is -1.23. The topological polar surface area (TPSA) is 55.8 Å². The average molecular weight is 313 g/mol. The van der Waals surface area contributed by atoms with Crippen molar-refractivity contribution in [3.05, 3.63) is 21.7 Å². The number of halogens is 1. The van der Waals surface area contributed by atoms with Crippen molar-refractivity contribution in [2.75, 3.05) is 13.2 Å². The van der Waals surface area contributed by atoms with Gasteiger partial charge in [0.2, 0.25) is 0 Å². The number of hydrogen-bond donors (Lipinski definition) is 1. The van der Waals surface area contributed by atoms with Crippen molar-refractivity contribution in [2.45, 2.75) is 25.2 Å². The average Bonchev–Trinajstić information content (AvgIpc) is 3.10. The molecule has 0 saturated heterocycles. The summed E-state index contributed by atoms with van der Waals surface area (Å²) in [6, 6.07) is 1.87. The third-order valence-corrected chi connectivity index (χ3v) is 4.37. The highest BCUT2D eigenvalue weighted by molar-refractivity contribution is 9.10. The zero-order chi connectivity index (χ0) is 12.9. The molecule has 1 saturated carbocycles. The Labute approximate surface area is 113 Å². The Morgan fingerprint density at radius 2 is 2.06 bits per heavy atom. The lowest BCUT2D eigenvalue weighted by Gasteiger charge is -2.24. The molecule has 0 amide bonds. The van der Waals surface area contributed by atoms with Gasteiger partial charge in [-0.05, 0) is 52.9 Å². The Balaban J connectivity index is 2.19. The third kappa shape index (κ3) is 1.53. The molecule has 0 aromatic heterocycles. The molecule has 0 unspecified atom stereocenters. The number of ether oxygens (including phenoxy) is 2. The maximum Gasteiger partial charge on any atom is 0.314 e. The number of fused-ring (bicyclic) bond motifs is 1. The fraction of sp³-hybridized carbons (Fsp3) is 0.462. The first kappa shape index (κ1) is 11.8. The van der Waals surface area contributed by atoms with Crippen molar-refractivity contribution in [1.29, 1.82) is 0 Å². The van der Waals surface area contributed by atoms with Crippen molar-refractivity contribution in [2.24, 2.45) is 0 Å². The van der Waals surface area contributed by atoms with Crippen molar-refractivity contribution < 1.29 is 19.4 Å². The molecule has 0 bridgehead atoms. The standard InChI is InChI=1S/C13H13BrO4/c1-7-6-8-11(18-5-4-17-8)10(14)9(7)13(2-3-13)12(15)16/h6H,2-5H2,1H3,(H,15,16). The van der Waals surface area contributed by atoms with Gasteiger partial charge in [-0.15, -0.1) is 0 Å². The highest BCUT2D eigenvalue weighted by atomic mass is 79.9. The number of hydrogen-bond acceptors (Lipinski definition) is 3. The van der Waals surface area contributed by atoms with E-state index in [9.17, 15) is 9.90 Å². The van der Waals surface area contributed by atoms with E-state index in [2.05, 4.69) is 15.9 Å². The monoisotopic (exact) mass is 312 g/mol. The summed E-state index contributed by atoms with van der Waals surface area (Å²) >= 11 is 3.49. The van der Waals surface area contributed by atoms with Gasteiger partial charge in [0, 0.05) is 0 Å². The van der Waals surface area contributed by atoms with E-state index in [1.165, 1.54) is 0 Å². The minimum absolute atomic E-state index is 0.494. The lowest BCUT2D eigenvalue weighted by atomic mass is 9.91. The largest absolute Gasteiger partial charge is 0.486 e. The van der Waals surface area contributed by atoms with Crippen LogP contribution >= 0.6 is 15.9 Å². The van der Waals surface area contributed by atoms with E-state index in [0.29, 0.717) is 37.6 Å². The first-order valence-electron chi connectivity index (χ1n) is 5.89. The summed E-state index contributed by atoms with van der Waals surface area (Å²) in [5.74, 6) is 0.563. The van der Waals surface area contributed by atoms with Crippen molar-refractivity contribution in [1.82, 2.24) is 0 Å². The van der Waals surface area contributed by atoms with E-state index in [0.717, 1.165) is 15.6 Å². The number of rotatable bonds is 2. The van der Waals surface area contributed by atoms with E-state index in [4.69, 9.17) is 9.47 Å². The second kappa shape index (κ2) is 3.88. The zero-order valence-corrected chi connectivity index (χ0v) is 11.5.